The van der Waals surface area contributed by atoms with Crippen LogP contribution in [0.25, 0.3) is 0 Å². The second-order valence-corrected chi connectivity index (χ2v) is 6.21. The lowest BCUT2D eigenvalue weighted by Crippen LogP contribution is -2.33. The minimum Gasteiger partial charge on any atom is -0.356 e. The molecular weight excluding hydrogens is 260 g/mol. The van der Waals surface area contributed by atoms with Crippen molar-refractivity contribution in [1.82, 2.24) is 10.2 Å². The highest BCUT2D eigenvalue weighted by Gasteiger charge is 2.10. The van der Waals surface area contributed by atoms with Gasteiger partial charge in [0.1, 0.15) is 0 Å². The van der Waals surface area contributed by atoms with Gasteiger partial charge in [0.05, 0.1) is 6.42 Å². The third-order valence-corrected chi connectivity index (χ3v) is 4.28. The number of aryl methyl sites for hydroxylation is 2. The molecule has 0 aliphatic carbocycles. The minimum absolute atomic E-state index is 0.141. The average molecular weight is 288 g/mol. The molecule has 1 amide bonds. The van der Waals surface area contributed by atoms with Gasteiger partial charge < -0.3 is 10.2 Å². The summed E-state index contributed by atoms with van der Waals surface area (Å²) in [5.74, 6) is 0.141. The lowest BCUT2D eigenvalue weighted by molar-refractivity contribution is -0.120. The van der Waals surface area contributed by atoms with Crippen molar-refractivity contribution in [2.75, 3.05) is 26.2 Å². The summed E-state index contributed by atoms with van der Waals surface area (Å²) in [6.07, 6.45) is 5.59. The van der Waals surface area contributed by atoms with E-state index >= 15 is 0 Å². The molecule has 1 aliphatic rings. The Morgan fingerprint density at radius 2 is 1.95 bits per heavy atom. The number of carbonyl (C=O) groups excluding carboxylic acids is 1. The van der Waals surface area contributed by atoms with Crippen molar-refractivity contribution in [2.24, 2.45) is 0 Å². The highest BCUT2D eigenvalue weighted by molar-refractivity contribution is 5.78. The second kappa shape index (κ2) is 8.18. The molecule has 21 heavy (non-hydrogen) atoms. The summed E-state index contributed by atoms with van der Waals surface area (Å²) in [4.78, 5) is 14.5. The highest BCUT2D eigenvalue weighted by atomic mass is 16.1. The van der Waals surface area contributed by atoms with Gasteiger partial charge in [-0.1, -0.05) is 30.2 Å². The zero-order valence-corrected chi connectivity index (χ0v) is 13.5. The Morgan fingerprint density at radius 3 is 2.71 bits per heavy atom. The minimum atomic E-state index is 0.141. The van der Waals surface area contributed by atoms with Gasteiger partial charge in [-0.3, -0.25) is 4.79 Å². The molecule has 3 nitrogen and oxygen atoms in total. The fourth-order valence-electron chi connectivity index (χ4n) is 2.94. The number of amides is 1. The van der Waals surface area contributed by atoms with Gasteiger partial charge in [-0.05, 0) is 63.9 Å². The van der Waals surface area contributed by atoms with Crippen LogP contribution in [-0.4, -0.2) is 37.0 Å². The third-order valence-electron chi connectivity index (χ3n) is 4.28. The Labute approximate surface area is 128 Å². The predicted octanol–water partition coefficient (Wildman–Crippen LogP) is 2.84. The number of nitrogens with one attached hydrogen (secondary N) is 1. The first-order valence-corrected chi connectivity index (χ1v) is 8.20. The van der Waals surface area contributed by atoms with Crippen LogP contribution in [0.5, 0.6) is 0 Å². The zero-order chi connectivity index (χ0) is 15.1. The predicted molar refractivity (Wildman–Crippen MR) is 87.5 cm³/mol. The van der Waals surface area contributed by atoms with Gasteiger partial charge in [0.15, 0.2) is 0 Å². The van der Waals surface area contributed by atoms with Crippen LogP contribution in [0.2, 0.25) is 0 Å². The van der Waals surface area contributed by atoms with E-state index < -0.39 is 0 Å². The van der Waals surface area contributed by atoms with Gasteiger partial charge in [0.25, 0.3) is 0 Å². The fraction of sp³-hybridized carbons (Fsp3) is 0.611. The van der Waals surface area contributed by atoms with E-state index in [1.165, 1.54) is 43.5 Å². The number of hydrogen-bond acceptors (Lipinski definition) is 2. The molecule has 1 fully saturated rings. The summed E-state index contributed by atoms with van der Waals surface area (Å²) in [5, 5.41) is 3.05. The molecule has 0 unspecified atom stereocenters. The molecule has 0 aromatic heterocycles. The van der Waals surface area contributed by atoms with Crippen molar-refractivity contribution in [1.29, 1.82) is 0 Å². The van der Waals surface area contributed by atoms with Crippen LogP contribution in [0, 0.1) is 13.8 Å². The summed E-state index contributed by atoms with van der Waals surface area (Å²) in [6.45, 7) is 8.51. The first-order valence-electron chi connectivity index (χ1n) is 8.20. The van der Waals surface area contributed by atoms with E-state index in [0.29, 0.717) is 6.42 Å². The maximum absolute atomic E-state index is 12.0. The molecule has 1 aliphatic heterocycles. The summed E-state index contributed by atoms with van der Waals surface area (Å²) >= 11 is 0. The fourth-order valence-corrected chi connectivity index (χ4v) is 2.94. The first kappa shape index (κ1) is 16.0. The molecule has 1 saturated heterocycles. The maximum atomic E-state index is 12.0. The molecule has 3 heteroatoms. The quantitative estimate of drug-likeness (QED) is 0.816. The van der Waals surface area contributed by atoms with E-state index in [4.69, 9.17) is 0 Å². The Morgan fingerprint density at radius 1 is 1.19 bits per heavy atom. The van der Waals surface area contributed by atoms with Crippen molar-refractivity contribution < 1.29 is 4.79 Å². The van der Waals surface area contributed by atoms with Gasteiger partial charge in [0.2, 0.25) is 5.91 Å². The molecule has 1 aromatic carbocycles. The molecule has 1 N–H and O–H groups in total. The van der Waals surface area contributed by atoms with Crippen molar-refractivity contribution in [3.63, 3.8) is 0 Å². The summed E-state index contributed by atoms with van der Waals surface area (Å²) < 4.78 is 0. The van der Waals surface area contributed by atoms with E-state index in [0.717, 1.165) is 25.1 Å². The zero-order valence-electron chi connectivity index (χ0n) is 13.5. The van der Waals surface area contributed by atoms with E-state index in [9.17, 15) is 4.79 Å². The average Bonchev–Trinajstić information content (AvgIpc) is 2.48. The van der Waals surface area contributed by atoms with Crippen molar-refractivity contribution in [3.05, 3.63) is 34.9 Å². The second-order valence-electron chi connectivity index (χ2n) is 6.21. The lowest BCUT2D eigenvalue weighted by Gasteiger charge is -2.26. The third kappa shape index (κ3) is 5.50. The number of nitrogens with zero attached hydrogens (tertiary/aromatic N) is 1. The standard InChI is InChI=1S/C18H28N2O/c1-15-7-8-16(2)17(13-15)14-18(21)19-9-6-12-20-10-4-3-5-11-20/h7-8,13H,3-6,9-12,14H2,1-2H3,(H,19,21). The normalized spacial score (nSPS) is 15.9. The van der Waals surface area contributed by atoms with Gasteiger partial charge in [-0.25, -0.2) is 0 Å². The van der Waals surface area contributed by atoms with Gasteiger partial charge >= 0.3 is 0 Å². The molecule has 1 heterocycles. The highest BCUT2D eigenvalue weighted by Crippen LogP contribution is 2.11. The van der Waals surface area contributed by atoms with E-state index in [1.54, 1.807) is 0 Å². The molecule has 0 atom stereocenters. The number of hydrogen-bond donors (Lipinski definition) is 1. The Balaban J connectivity index is 1.66. The number of likely N-dealkylation sites (tertiary alicyclic amines) is 1. The smallest absolute Gasteiger partial charge is 0.224 e. The monoisotopic (exact) mass is 288 g/mol. The number of rotatable bonds is 6. The molecule has 2 rings (SSSR count). The van der Waals surface area contributed by atoms with Crippen LogP contribution < -0.4 is 5.32 Å². The largest absolute Gasteiger partial charge is 0.356 e. The molecule has 0 saturated carbocycles. The van der Waals surface area contributed by atoms with Crippen LogP contribution in [0.15, 0.2) is 18.2 Å². The van der Waals surface area contributed by atoms with Crippen LogP contribution in [0.3, 0.4) is 0 Å². The first-order chi connectivity index (χ1) is 10.1. The van der Waals surface area contributed by atoms with Crippen LogP contribution >= 0.6 is 0 Å². The van der Waals surface area contributed by atoms with Crippen LogP contribution in [0.1, 0.15) is 42.4 Å². The molecule has 1 aromatic rings. The topological polar surface area (TPSA) is 32.3 Å². The summed E-state index contributed by atoms with van der Waals surface area (Å²) in [5.41, 5.74) is 3.56. The molecular formula is C18H28N2O. The number of benzene rings is 1. The van der Waals surface area contributed by atoms with E-state index in [-0.39, 0.29) is 5.91 Å². The molecule has 0 radical (unpaired) electrons. The van der Waals surface area contributed by atoms with Crippen LogP contribution in [0.4, 0.5) is 0 Å². The van der Waals surface area contributed by atoms with E-state index in [2.05, 4.69) is 42.3 Å². The van der Waals surface area contributed by atoms with Gasteiger partial charge in [-0.15, -0.1) is 0 Å². The molecule has 0 spiro atoms. The Hall–Kier alpha value is -1.35. The summed E-state index contributed by atoms with van der Waals surface area (Å²) in [6, 6.07) is 6.30. The number of carbonyl (C=O) groups is 1. The van der Waals surface area contributed by atoms with Crippen molar-refractivity contribution in [2.45, 2.75) is 46.0 Å². The lowest BCUT2D eigenvalue weighted by atomic mass is 10.0. The maximum Gasteiger partial charge on any atom is 0.224 e. The van der Waals surface area contributed by atoms with Crippen molar-refractivity contribution in [3.8, 4) is 0 Å². The van der Waals surface area contributed by atoms with Gasteiger partial charge in [0, 0.05) is 6.54 Å². The van der Waals surface area contributed by atoms with E-state index in [1.807, 2.05) is 0 Å². The summed E-state index contributed by atoms with van der Waals surface area (Å²) in [7, 11) is 0. The Kier molecular flexibility index (Phi) is 6.24. The molecule has 116 valence electrons. The van der Waals surface area contributed by atoms with Crippen LogP contribution in [-0.2, 0) is 11.2 Å². The molecule has 0 bridgehead atoms. The number of piperidine rings is 1. The van der Waals surface area contributed by atoms with Crippen molar-refractivity contribution >= 4 is 5.91 Å². The van der Waals surface area contributed by atoms with Gasteiger partial charge in [-0.2, -0.15) is 0 Å². The SMILES string of the molecule is Cc1ccc(C)c(CC(=O)NCCCN2CCCCC2)c1. The Bertz CT molecular complexity index is 464.